The first-order valence-electron chi connectivity index (χ1n) is 5.37. The molecule has 0 aliphatic heterocycles. The zero-order chi connectivity index (χ0) is 13.1. The second kappa shape index (κ2) is 5.90. The monoisotopic (exact) mass is 375 g/mol. The molecule has 2 N–H and O–H groups in total. The lowest BCUT2D eigenvalue weighted by molar-refractivity contribution is 0.354. The molecule has 1 unspecified atom stereocenters. The maximum Gasteiger partial charge on any atom is 0.161 e. The molecule has 0 fully saturated rings. The number of methoxy groups -OCH3 is 2. The van der Waals surface area contributed by atoms with Gasteiger partial charge < -0.3 is 15.2 Å². The van der Waals surface area contributed by atoms with Gasteiger partial charge in [0.25, 0.3) is 0 Å². The van der Waals surface area contributed by atoms with E-state index in [1.54, 1.807) is 25.6 Å². The van der Waals surface area contributed by atoms with Gasteiger partial charge in [-0.25, -0.2) is 0 Å². The minimum atomic E-state index is -0.135. The topological polar surface area (TPSA) is 44.5 Å². The molecule has 2 aromatic rings. The van der Waals surface area contributed by atoms with E-state index in [0.29, 0.717) is 11.5 Å². The van der Waals surface area contributed by atoms with Gasteiger partial charge in [-0.2, -0.15) is 0 Å². The molecular weight excluding hydrogens is 361 g/mol. The molecule has 3 nitrogen and oxygen atoms in total. The number of hydrogen-bond donors (Lipinski definition) is 1. The van der Waals surface area contributed by atoms with Gasteiger partial charge in [-0.3, -0.25) is 0 Å². The summed E-state index contributed by atoms with van der Waals surface area (Å²) >= 11 is 3.99. The van der Waals surface area contributed by atoms with Crippen LogP contribution < -0.4 is 15.2 Å². The van der Waals surface area contributed by atoms with Crippen LogP contribution in [0.25, 0.3) is 0 Å². The summed E-state index contributed by atoms with van der Waals surface area (Å²) < 4.78 is 11.7. The number of hydrogen-bond acceptors (Lipinski definition) is 4. The van der Waals surface area contributed by atoms with Gasteiger partial charge >= 0.3 is 0 Å². The number of ether oxygens (including phenoxy) is 2. The van der Waals surface area contributed by atoms with E-state index in [9.17, 15) is 0 Å². The van der Waals surface area contributed by atoms with Crippen molar-refractivity contribution in [3.05, 3.63) is 43.7 Å². The highest BCUT2D eigenvalue weighted by Gasteiger charge is 2.13. The molecule has 1 aromatic carbocycles. The van der Waals surface area contributed by atoms with Crippen LogP contribution in [0.3, 0.4) is 0 Å². The van der Waals surface area contributed by atoms with Crippen molar-refractivity contribution in [3.63, 3.8) is 0 Å². The van der Waals surface area contributed by atoms with Crippen molar-refractivity contribution in [1.82, 2.24) is 0 Å². The van der Waals surface area contributed by atoms with Crippen LogP contribution in [0.4, 0.5) is 0 Å². The van der Waals surface area contributed by atoms with Crippen molar-refractivity contribution in [1.29, 1.82) is 0 Å². The maximum atomic E-state index is 6.25. The Morgan fingerprint density at radius 2 is 1.83 bits per heavy atom. The standard InChI is InChI=1S/C13H14INO2S/c1-16-10-4-3-8(5-11(10)17-2)13(15)9-6-12(14)18-7-9/h3-7,13H,15H2,1-2H3. The molecular formula is C13H14INO2S. The Hall–Kier alpha value is -0.790. The number of benzene rings is 1. The van der Waals surface area contributed by atoms with Crippen LogP contribution in [0.5, 0.6) is 11.5 Å². The minimum absolute atomic E-state index is 0.135. The third kappa shape index (κ3) is 2.78. The predicted molar refractivity (Wildman–Crippen MR) is 82.6 cm³/mol. The largest absolute Gasteiger partial charge is 0.493 e. The van der Waals surface area contributed by atoms with Gasteiger partial charge in [-0.05, 0) is 57.3 Å². The summed E-state index contributed by atoms with van der Waals surface area (Å²) in [5, 5.41) is 2.09. The highest BCUT2D eigenvalue weighted by Crippen LogP contribution is 2.32. The Morgan fingerprint density at radius 1 is 1.11 bits per heavy atom. The smallest absolute Gasteiger partial charge is 0.161 e. The van der Waals surface area contributed by atoms with Gasteiger partial charge in [0.05, 0.1) is 23.1 Å². The van der Waals surface area contributed by atoms with Crippen LogP contribution in [-0.2, 0) is 0 Å². The Balaban J connectivity index is 2.33. The summed E-state index contributed by atoms with van der Waals surface area (Å²) in [6.07, 6.45) is 0. The lowest BCUT2D eigenvalue weighted by Gasteiger charge is -2.14. The molecule has 0 amide bonds. The van der Waals surface area contributed by atoms with E-state index in [-0.39, 0.29) is 6.04 Å². The quantitative estimate of drug-likeness (QED) is 0.833. The molecule has 0 saturated heterocycles. The second-order valence-corrected chi connectivity index (χ2v) is 6.58. The molecule has 0 spiro atoms. The fourth-order valence-electron chi connectivity index (χ4n) is 1.73. The minimum Gasteiger partial charge on any atom is -0.493 e. The van der Waals surface area contributed by atoms with E-state index in [1.165, 1.54) is 2.88 Å². The molecule has 0 saturated carbocycles. The summed E-state index contributed by atoms with van der Waals surface area (Å²) in [6, 6.07) is 7.74. The molecule has 5 heteroatoms. The Morgan fingerprint density at radius 3 is 2.39 bits per heavy atom. The number of thiophene rings is 1. The lowest BCUT2D eigenvalue weighted by atomic mass is 10.0. The van der Waals surface area contributed by atoms with Crippen LogP contribution in [0.2, 0.25) is 0 Å². The zero-order valence-electron chi connectivity index (χ0n) is 10.1. The Kier molecular flexibility index (Phi) is 4.47. The maximum absolute atomic E-state index is 6.25. The van der Waals surface area contributed by atoms with Gasteiger partial charge in [0, 0.05) is 0 Å². The summed E-state index contributed by atoms with van der Waals surface area (Å²) in [4.78, 5) is 0. The molecule has 0 aliphatic carbocycles. The van der Waals surface area contributed by atoms with Crippen LogP contribution in [0.15, 0.2) is 29.6 Å². The van der Waals surface area contributed by atoms with E-state index in [2.05, 4.69) is 34.0 Å². The molecule has 0 aliphatic rings. The first kappa shape index (κ1) is 13.6. The predicted octanol–water partition coefficient (Wildman–Crippen LogP) is 3.42. The number of rotatable bonds is 4. The first-order valence-corrected chi connectivity index (χ1v) is 7.33. The molecule has 1 atom stereocenters. The average molecular weight is 375 g/mol. The van der Waals surface area contributed by atoms with E-state index in [1.807, 2.05) is 18.2 Å². The fourth-order valence-corrected chi connectivity index (χ4v) is 3.13. The molecule has 96 valence electrons. The zero-order valence-corrected chi connectivity index (χ0v) is 13.1. The van der Waals surface area contributed by atoms with Crippen LogP contribution in [0.1, 0.15) is 17.2 Å². The molecule has 0 bridgehead atoms. The van der Waals surface area contributed by atoms with Crippen molar-refractivity contribution in [2.45, 2.75) is 6.04 Å². The highest BCUT2D eigenvalue weighted by atomic mass is 127. The molecule has 18 heavy (non-hydrogen) atoms. The van der Waals surface area contributed by atoms with Crippen LogP contribution in [-0.4, -0.2) is 14.2 Å². The first-order chi connectivity index (χ1) is 8.65. The fraction of sp³-hybridized carbons (Fsp3) is 0.231. The summed E-state index contributed by atoms with van der Waals surface area (Å²) in [5.41, 5.74) is 8.39. The molecule has 1 heterocycles. The lowest BCUT2D eigenvalue weighted by Crippen LogP contribution is -2.11. The Labute approximate surface area is 124 Å². The van der Waals surface area contributed by atoms with Crippen molar-refractivity contribution >= 4 is 33.9 Å². The summed E-state index contributed by atoms with van der Waals surface area (Å²) in [7, 11) is 3.25. The average Bonchev–Trinajstić information content (AvgIpc) is 2.83. The van der Waals surface area contributed by atoms with Crippen molar-refractivity contribution in [3.8, 4) is 11.5 Å². The summed E-state index contributed by atoms with van der Waals surface area (Å²) in [6.45, 7) is 0. The molecule has 2 rings (SSSR count). The molecule has 1 aromatic heterocycles. The van der Waals surface area contributed by atoms with Crippen molar-refractivity contribution in [2.24, 2.45) is 5.73 Å². The van der Waals surface area contributed by atoms with E-state index < -0.39 is 0 Å². The van der Waals surface area contributed by atoms with E-state index in [4.69, 9.17) is 15.2 Å². The number of nitrogens with two attached hydrogens (primary N) is 1. The molecule has 0 radical (unpaired) electrons. The van der Waals surface area contributed by atoms with E-state index >= 15 is 0 Å². The third-order valence-electron chi connectivity index (χ3n) is 2.71. The van der Waals surface area contributed by atoms with Crippen molar-refractivity contribution < 1.29 is 9.47 Å². The third-order valence-corrected chi connectivity index (χ3v) is 4.52. The van der Waals surface area contributed by atoms with Gasteiger partial charge in [0.1, 0.15) is 0 Å². The van der Waals surface area contributed by atoms with Gasteiger partial charge in [0.2, 0.25) is 0 Å². The Bertz CT molecular complexity index is 542. The SMILES string of the molecule is COc1ccc(C(N)c2csc(I)c2)cc1OC. The van der Waals surface area contributed by atoms with Gasteiger partial charge in [-0.1, -0.05) is 6.07 Å². The van der Waals surface area contributed by atoms with E-state index in [0.717, 1.165) is 11.1 Å². The summed E-state index contributed by atoms with van der Waals surface area (Å²) in [5.74, 6) is 1.42. The van der Waals surface area contributed by atoms with Crippen LogP contribution in [0, 0.1) is 2.88 Å². The number of halogens is 1. The highest BCUT2D eigenvalue weighted by molar-refractivity contribution is 14.1. The van der Waals surface area contributed by atoms with Gasteiger partial charge in [-0.15, -0.1) is 11.3 Å². The second-order valence-electron chi connectivity index (χ2n) is 3.78. The normalized spacial score (nSPS) is 12.2. The van der Waals surface area contributed by atoms with Crippen LogP contribution >= 0.6 is 33.9 Å². The van der Waals surface area contributed by atoms with Crippen molar-refractivity contribution in [2.75, 3.05) is 14.2 Å². The van der Waals surface area contributed by atoms with Gasteiger partial charge in [0.15, 0.2) is 11.5 Å².